The SMILES string of the molecule is Cc1cccc(Oc2ccc(O)c(C)c2C)c1C. The van der Waals surface area contributed by atoms with Gasteiger partial charge in [-0.25, -0.2) is 0 Å². The quantitative estimate of drug-likeness (QED) is 0.844. The Kier molecular flexibility index (Phi) is 3.28. The number of rotatable bonds is 2. The van der Waals surface area contributed by atoms with Crippen molar-refractivity contribution in [3.63, 3.8) is 0 Å². The highest BCUT2D eigenvalue weighted by Gasteiger charge is 2.09. The van der Waals surface area contributed by atoms with Gasteiger partial charge in [-0.15, -0.1) is 0 Å². The number of aromatic hydroxyl groups is 1. The maximum Gasteiger partial charge on any atom is 0.130 e. The van der Waals surface area contributed by atoms with Crippen molar-refractivity contribution in [1.82, 2.24) is 0 Å². The van der Waals surface area contributed by atoms with Gasteiger partial charge in [0.05, 0.1) is 0 Å². The zero-order valence-corrected chi connectivity index (χ0v) is 11.2. The molecular formula is C16H18O2. The van der Waals surface area contributed by atoms with Crippen molar-refractivity contribution in [3.8, 4) is 17.2 Å². The third kappa shape index (κ3) is 2.19. The summed E-state index contributed by atoms with van der Waals surface area (Å²) in [7, 11) is 0. The van der Waals surface area contributed by atoms with E-state index in [2.05, 4.69) is 13.0 Å². The van der Waals surface area contributed by atoms with E-state index < -0.39 is 0 Å². The maximum absolute atomic E-state index is 9.63. The van der Waals surface area contributed by atoms with Crippen LogP contribution in [0.4, 0.5) is 0 Å². The lowest BCUT2D eigenvalue weighted by atomic mass is 10.1. The summed E-state index contributed by atoms with van der Waals surface area (Å²) in [5.74, 6) is 1.96. The first-order valence-corrected chi connectivity index (χ1v) is 6.04. The van der Waals surface area contributed by atoms with Crippen LogP contribution in [0.1, 0.15) is 22.3 Å². The fourth-order valence-electron chi connectivity index (χ4n) is 1.85. The monoisotopic (exact) mass is 242 g/mol. The van der Waals surface area contributed by atoms with Gasteiger partial charge in [-0.2, -0.15) is 0 Å². The van der Waals surface area contributed by atoms with E-state index in [1.54, 1.807) is 12.1 Å². The minimum absolute atomic E-state index is 0.306. The van der Waals surface area contributed by atoms with Crippen molar-refractivity contribution in [2.45, 2.75) is 27.7 Å². The van der Waals surface area contributed by atoms with Crippen LogP contribution in [0.25, 0.3) is 0 Å². The summed E-state index contributed by atoms with van der Waals surface area (Å²) in [6, 6.07) is 9.49. The maximum atomic E-state index is 9.63. The Morgan fingerprint density at radius 3 is 2.17 bits per heavy atom. The van der Waals surface area contributed by atoms with Crippen molar-refractivity contribution in [2.75, 3.05) is 0 Å². The highest BCUT2D eigenvalue weighted by Crippen LogP contribution is 2.33. The molecule has 2 aromatic rings. The molecule has 94 valence electrons. The smallest absolute Gasteiger partial charge is 0.130 e. The van der Waals surface area contributed by atoms with Gasteiger partial charge in [-0.05, 0) is 68.1 Å². The van der Waals surface area contributed by atoms with E-state index in [4.69, 9.17) is 4.74 Å². The zero-order chi connectivity index (χ0) is 13.3. The van der Waals surface area contributed by atoms with Crippen LogP contribution in [0, 0.1) is 27.7 Å². The molecule has 2 heteroatoms. The molecule has 0 aliphatic heterocycles. The Morgan fingerprint density at radius 1 is 0.778 bits per heavy atom. The van der Waals surface area contributed by atoms with E-state index in [9.17, 15) is 5.11 Å². The highest BCUT2D eigenvalue weighted by atomic mass is 16.5. The summed E-state index contributed by atoms with van der Waals surface area (Å²) >= 11 is 0. The van der Waals surface area contributed by atoms with Gasteiger partial charge in [0.1, 0.15) is 17.2 Å². The molecule has 2 nitrogen and oxygen atoms in total. The third-order valence-electron chi connectivity index (χ3n) is 3.48. The number of benzene rings is 2. The Bertz CT molecular complexity index is 586. The lowest BCUT2D eigenvalue weighted by molar-refractivity contribution is 0.456. The van der Waals surface area contributed by atoms with Crippen LogP contribution in [0.2, 0.25) is 0 Å². The second-order valence-corrected chi connectivity index (χ2v) is 4.63. The lowest BCUT2D eigenvalue weighted by Gasteiger charge is -2.14. The Labute approximate surface area is 108 Å². The molecule has 0 bridgehead atoms. The van der Waals surface area contributed by atoms with Crippen LogP contribution in [0.5, 0.6) is 17.2 Å². The Hall–Kier alpha value is -1.96. The summed E-state index contributed by atoms with van der Waals surface area (Å²) in [6.45, 7) is 7.96. The molecule has 2 rings (SSSR count). The molecule has 0 spiro atoms. The first-order chi connectivity index (χ1) is 8.50. The minimum Gasteiger partial charge on any atom is -0.508 e. The summed E-state index contributed by atoms with van der Waals surface area (Å²) < 4.78 is 5.95. The summed E-state index contributed by atoms with van der Waals surface area (Å²) in [6.07, 6.45) is 0. The van der Waals surface area contributed by atoms with Crippen molar-refractivity contribution >= 4 is 0 Å². The highest BCUT2D eigenvalue weighted by molar-refractivity contribution is 5.49. The molecule has 18 heavy (non-hydrogen) atoms. The van der Waals surface area contributed by atoms with Gasteiger partial charge in [-0.3, -0.25) is 0 Å². The second kappa shape index (κ2) is 4.73. The van der Waals surface area contributed by atoms with Gasteiger partial charge < -0.3 is 9.84 Å². The summed E-state index contributed by atoms with van der Waals surface area (Å²) in [5, 5.41) is 9.63. The van der Waals surface area contributed by atoms with Crippen molar-refractivity contribution in [3.05, 3.63) is 52.6 Å². The van der Waals surface area contributed by atoms with Crippen LogP contribution in [-0.2, 0) is 0 Å². The topological polar surface area (TPSA) is 29.5 Å². The molecule has 0 saturated carbocycles. The number of ether oxygens (including phenoxy) is 1. The van der Waals surface area contributed by atoms with Gasteiger partial charge in [0.25, 0.3) is 0 Å². The molecule has 1 N–H and O–H groups in total. The summed E-state index contributed by atoms with van der Waals surface area (Å²) in [4.78, 5) is 0. The zero-order valence-electron chi connectivity index (χ0n) is 11.2. The number of phenolic OH excluding ortho intramolecular Hbond substituents is 1. The molecule has 0 aliphatic rings. The molecule has 2 aromatic carbocycles. The van der Waals surface area contributed by atoms with Gasteiger partial charge in [0.2, 0.25) is 0 Å². The average molecular weight is 242 g/mol. The van der Waals surface area contributed by atoms with Gasteiger partial charge in [0, 0.05) is 0 Å². The van der Waals surface area contributed by atoms with E-state index in [-0.39, 0.29) is 0 Å². The predicted molar refractivity (Wildman–Crippen MR) is 73.6 cm³/mol. The van der Waals surface area contributed by atoms with Crippen LogP contribution < -0.4 is 4.74 Å². The Balaban J connectivity index is 2.41. The minimum atomic E-state index is 0.306. The van der Waals surface area contributed by atoms with E-state index in [0.29, 0.717) is 5.75 Å². The first-order valence-electron chi connectivity index (χ1n) is 6.04. The molecule has 0 amide bonds. The second-order valence-electron chi connectivity index (χ2n) is 4.63. The van der Waals surface area contributed by atoms with E-state index in [1.807, 2.05) is 32.9 Å². The fraction of sp³-hybridized carbons (Fsp3) is 0.250. The summed E-state index contributed by atoms with van der Waals surface area (Å²) in [5.41, 5.74) is 4.18. The molecule has 0 aromatic heterocycles. The molecular weight excluding hydrogens is 224 g/mol. The van der Waals surface area contributed by atoms with E-state index in [0.717, 1.165) is 28.2 Å². The standard InChI is InChI=1S/C16H18O2/c1-10-6-5-7-15(11(10)2)18-16-9-8-14(17)12(3)13(16)4/h5-9,17H,1-4H3. The van der Waals surface area contributed by atoms with E-state index >= 15 is 0 Å². The number of aryl methyl sites for hydroxylation is 1. The van der Waals surface area contributed by atoms with Crippen molar-refractivity contribution in [2.24, 2.45) is 0 Å². The number of hydrogen-bond donors (Lipinski definition) is 1. The van der Waals surface area contributed by atoms with Gasteiger partial charge >= 0.3 is 0 Å². The molecule has 0 unspecified atom stereocenters. The number of hydrogen-bond acceptors (Lipinski definition) is 2. The lowest BCUT2D eigenvalue weighted by Crippen LogP contribution is -1.93. The van der Waals surface area contributed by atoms with Crippen LogP contribution in [0.3, 0.4) is 0 Å². The van der Waals surface area contributed by atoms with Crippen molar-refractivity contribution in [1.29, 1.82) is 0 Å². The molecule has 0 fully saturated rings. The first kappa shape index (κ1) is 12.5. The van der Waals surface area contributed by atoms with Gasteiger partial charge in [-0.1, -0.05) is 12.1 Å². The predicted octanol–water partition coefficient (Wildman–Crippen LogP) is 4.42. The largest absolute Gasteiger partial charge is 0.508 e. The van der Waals surface area contributed by atoms with Gasteiger partial charge in [0.15, 0.2) is 0 Å². The fourth-order valence-corrected chi connectivity index (χ4v) is 1.85. The number of phenols is 1. The van der Waals surface area contributed by atoms with Crippen LogP contribution in [-0.4, -0.2) is 5.11 Å². The normalized spacial score (nSPS) is 10.4. The van der Waals surface area contributed by atoms with Crippen LogP contribution in [0.15, 0.2) is 30.3 Å². The molecule has 0 aliphatic carbocycles. The van der Waals surface area contributed by atoms with E-state index in [1.165, 1.54) is 5.56 Å². The molecule has 0 radical (unpaired) electrons. The average Bonchev–Trinajstić information content (AvgIpc) is 2.35. The van der Waals surface area contributed by atoms with Crippen molar-refractivity contribution < 1.29 is 9.84 Å². The molecule has 0 heterocycles. The molecule has 0 atom stereocenters. The molecule has 0 saturated heterocycles. The van der Waals surface area contributed by atoms with Crippen LogP contribution >= 0.6 is 0 Å². The Morgan fingerprint density at radius 2 is 1.44 bits per heavy atom. The third-order valence-corrected chi connectivity index (χ3v) is 3.48.